The molecule has 1 amide bonds. The number of amides is 1. The van der Waals surface area contributed by atoms with Gasteiger partial charge in [-0.05, 0) is 44.7 Å². The molecule has 0 bridgehead atoms. The molecule has 0 unspecified atom stereocenters. The minimum Gasteiger partial charge on any atom is -0.459 e. The topological polar surface area (TPSA) is 105 Å². The summed E-state index contributed by atoms with van der Waals surface area (Å²) in [6, 6.07) is 6.85. The summed E-state index contributed by atoms with van der Waals surface area (Å²) in [4.78, 5) is 26.7. The highest BCUT2D eigenvalue weighted by atomic mass is 32.2. The normalized spacial score (nSPS) is 28.3. The van der Waals surface area contributed by atoms with Gasteiger partial charge in [-0.25, -0.2) is 8.42 Å². The Morgan fingerprint density at radius 2 is 1.93 bits per heavy atom. The molecule has 9 heteroatoms. The number of rotatable bonds is 3. The molecule has 4 rings (SSSR count). The summed E-state index contributed by atoms with van der Waals surface area (Å²) in [6.45, 7) is 4.82. The Hall–Kier alpha value is -2.13. The minimum absolute atomic E-state index is 0.0365. The van der Waals surface area contributed by atoms with Crippen LogP contribution in [0.3, 0.4) is 0 Å². The molecule has 2 N–H and O–H groups in total. The molecular weight excluding hydrogens is 394 g/mol. The zero-order valence-electron chi connectivity index (χ0n) is 16.7. The lowest BCUT2D eigenvalue weighted by molar-refractivity contribution is -0.150. The lowest BCUT2D eigenvalue weighted by atomic mass is 9.91. The van der Waals surface area contributed by atoms with Gasteiger partial charge in [-0.2, -0.15) is 4.72 Å². The number of para-hydroxylation sites is 1. The fourth-order valence-corrected chi connectivity index (χ4v) is 5.90. The van der Waals surface area contributed by atoms with Crippen molar-refractivity contribution < 1.29 is 22.7 Å². The van der Waals surface area contributed by atoms with Gasteiger partial charge in [-0.1, -0.05) is 12.1 Å². The molecule has 0 spiro atoms. The summed E-state index contributed by atoms with van der Waals surface area (Å²) in [7, 11) is -3.55. The predicted octanol–water partition coefficient (Wildman–Crippen LogP) is 1.69. The molecular formula is C20H27N3O5S. The van der Waals surface area contributed by atoms with E-state index in [2.05, 4.69) is 10.0 Å². The average molecular weight is 422 g/mol. The SMILES string of the molecule is CC1(C)C[C@@H](CC(=O)N2CCC([C@H]3Nc4ccccc4S(=O)(=O)N3)CC2)C(=O)O1. The number of carbonyl (C=O) groups is 2. The van der Waals surface area contributed by atoms with E-state index in [1.54, 1.807) is 29.2 Å². The van der Waals surface area contributed by atoms with Gasteiger partial charge in [0.15, 0.2) is 0 Å². The Bertz CT molecular complexity index is 922. The van der Waals surface area contributed by atoms with Crippen LogP contribution in [0.5, 0.6) is 0 Å². The Labute approximate surface area is 171 Å². The van der Waals surface area contributed by atoms with Crippen LogP contribution in [0.15, 0.2) is 29.2 Å². The predicted molar refractivity (Wildman–Crippen MR) is 106 cm³/mol. The fraction of sp³-hybridized carbons (Fsp3) is 0.600. The van der Waals surface area contributed by atoms with E-state index in [4.69, 9.17) is 4.74 Å². The highest BCUT2D eigenvalue weighted by Crippen LogP contribution is 2.34. The van der Waals surface area contributed by atoms with Crippen molar-refractivity contribution in [2.75, 3.05) is 18.4 Å². The van der Waals surface area contributed by atoms with E-state index in [1.807, 2.05) is 13.8 Å². The third kappa shape index (κ3) is 4.11. The Morgan fingerprint density at radius 3 is 2.59 bits per heavy atom. The quantitative estimate of drug-likeness (QED) is 0.720. The van der Waals surface area contributed by atoms with Crippen LogP contribution in [0, 0.1) is 11.8 Å². The number of carbonyl (C=O) groups excluding carboxylic acids is 2. The minimum atomic E-state index is -3.55. The van der Waals surface area contributed by atoms with Crippen LogP contribution in [0.25, 0.3) is 0 Å². The first kappa shape index (κ1) is 20.2. The molecule has 29 heavy (non-hydrogen) atoms. The molecule has 158 valence electrons. The molecule has 1 aromatic rings. The first-order valence-corrected chi connectivity index (χ1v) is 11.5. The van der Waals surface area contributed by atoms with Crippen molar-refractivity contribution in [3.63, 3.8) is 0 Å². The first-order chi connectivity index (χ1) is 13.6. The summed E-state index contributed by atoms with van der Waals surface area (Å²) < 4.78 is 33.1. The van der Waals surface area contributed by atoms with Gasteiger partial charge in [0.05, 0.1) is 17.8 Å². The third-order valence-electron chi connectivity index (χ3n) is 6.00. The molecule has 2 atom stereocenters. The maximum absolute atomic E-state index is 12.7. The van der Waals surface area contributed by atoms with Crippen molar-refractivity contribution in [1.29, 1.82) is 0 Å². The molecule has 1 aromatic carbocycles. The summed E-state index contributed by atoms with van der Waals surface area (Å²) in [5, 5.41) is 3.29. The second-order valence-electron chi connectivity index (χ2n) is 8.74. The standard InChI is InChI=1S/C20H27N3O5S/c1-20(2)12-14(19(25)28-20)11-17(24)23-9-7-13(8-10-23)18-21-15-5-3-4-6-16(15)29(26,27)22-18/h3-6,13-14,18,21-22H,7-12H2,1-2H3/t14-,18+/m1/s1. The highest BCUT2D eigenvalue weighted by Gasteiger charge is 2.42. The number of esters is 1. The van der Waals surface area contributed by atoms with Crippen LogP contribution < -0.4 is 10.0 Å². The molecule has 2 fully saturated rings. The van der Waals surface area contributed by atoms with Gasteiger partial charge in [0.25, 0.3) is 0 Å². The molecule has 8 nitrogen and oxygen atoms in total. The van der Waals surface area contributed by atoms with Crippen molar-refractivity contribution in [3.05, 3.63) is 24.3 Å². The van der Waals surface area contributed by atoms with Gasteiger partial charge in [0.2, 0.25) is 15.9 Å². The molecule has 3 aliphatic rings. The molecule has 0 aliphatic carbocycles. The first-order valence-electron chi connectivity index (χ1n) is 10.0. The zero-order chi connectivity index (χ0) is 20.8. The maximum Gasteiger partial charge on any atom is 0.310 e. The number of nitrogens with one attached hydrogen (secondary N) is 2. The molecule has 0 radical (unpaired) electrons. The van der Waals surface area contributed by atoms with Gasteiger partial charge < -0.3 is 15.0 Å². The van der Waals surface area contributed by atoms with E-state index in [0.29, 0.717) is 38.0 Å². The van der Waals surface area contributed by atoms with E-state index < -0.39 is 21.8 Å². The lowest BCUT2D eigenvalue weighted by Crippen LogP contribution is -2.52. The maximum atomic E-state index is 12.7. The van der Waals surface area contributed by atoms with Gasteiger partial charge in [-0.15, -0.1) is 0 Å². The number of hydrogen-bond donors (Lipinski definition) is 2. The lowest BCUT2D eigenvalue weighted by Gasteiger charge is -2.39. The summed E-state index contributed by atoms with van der Waals surface area (Å²) in [5.41, 5.74) is 0.104. The molecule has 2 saturated heterocycles. The van der Waals surface area contributed by atoms with E-state index in [1.165, 1.54) is 0 Å². The number of piperidine rings is 1. The van der Waals surface area contributed by atoms with Crippen molar-refractivity contribution in [2.45, 2.75) is 56.2 Å². The Kier molecular flexibility index (Phi) is 5.06. The molecule has 3 aliphatic heterocycles. The van der Waals surface area contributed by atoms with Crippen LogP contribution >= 0.6 is 0 Å². The smallest absolute Gasteiger partial charge is 0.310 e. The van der Waals surface area contributed by atoms with E-state index in [-0.39, 0.29) is 35.0 Å². The second kappa shape index (κ2) is 7.28. The van der Waals surface area contributed by atoms with Crippen LogP contribution in [-0.2, 0) is 24.3 Å². The van der Waals surface area contributed by atoms with Crippen molar-refractivity contribution in [2.24, 2.45) is 11.8 Å². The highest BCUT2D eigenvalue weighted by molar-refractivity contribution is 7.89. The Morgan fingerprint density at radius 1 is 1.24 bits per heavy atom. The molecule has 0 aromatic heterocycles. The van der Waals surface area contributed by atoms with Crippen molar-refractivity contribution >= 4 is 27.6 Å². The number of cyclic esters (lactones) is 1. The summed E-state index contributed by atoms with van der Waals surface area (Å²) in [6.07, 6.45) is 1.72. The summed E-state index contributed by atoms with van der Waals surface area (Å²) in [5.74, 6) is -0.626. The number of anilines is 1. The van der Waals surface area contributed by atoms with Crippen LogP contribution in [0.4, 0.5) is 5.69 Å². The monoisotopic (exact) mass is 421 g/mol. The van der Waals surface area contributed by atoms with Gasteiger partial charge >= 0.3 is 5.97 Å². The van der Waals surface area contributed by atoms with Gasteiger partial charge in [0.1, 0.15) is 10.5 Å². The zero-order valence-corrected chi connectivity index (χ0v) is 17.5. The van der Waals surface area contributed by atoms with E-state index >= 15 is 0 Å². The van der Waals surface area contributed by atoms with Gasteiger partial charge in [-0.3, -0.25) is 9.59 Å². The van der Waals surface area contributed by atoms with Crippen LogP contribution in [0.2, 0.25) is 0 Å². The number of likely N-dealkylation sites (tertiary alicyclic amines) is 1. The average Bonchev–Trinajstić information content (AvgIpc) is 2.92. The van der Waals surface area contributed by atoms with E-state index in [9.17, 15) is 18.0 Å². The summed E-state index contributed by atoms with van der Waals surface area (Å²) >= 11 is 0. The third-order valence-corrected chi connectivity index (χ3v) is 7.50. The number of hydrogen-bond acceptors (Lipinski definition) is 6. The largest absolute Gasteiger partial charge is 0.459 e. The van der Waals surface area contributed by atoms with Crippen molar-refractivity contribution in [3.8, 4) is 0 Å². The molecule has 3 heterocycles. The number of ether oxygens (including phenoxy) is 1. The van der Waals surface area contributed by atoms with E-state index in [0.717, 1.165) is 0 Å². The number of sulfonamides is 1. The number of benzene rings is 1. The molecule has 0 saturated carbocycles. The fourth-order valence-electron chi connectivity index (χ4n) is 4.51. The number of fused-ring (bicyclic) bond motifs is 1. The second-order valence-corrected chi connectivity index (χ2v) is 10.4. The number of nitrogens with zero attached hydrogens (tertiary/aromatic N) is 1. The van der Waals surface area contributed by atoms with Crippen molar-refractivity contribution in [1.82, 2.24) is 9.62 Å². The van der Waals surface area contributed by atoms with Crippen LogP contribution in [0.1, 0.15) is 39.5 Å². The Balaban J connectivity index is 1.34. The van der Waals surface area contributed by atoms with Crippen LogP contribution in [-0.4, -0.2) is 50.1 Å². The van der Waals surface area contributed by atoms with Gasteiger partial charge in [0, 0.05) is 25.9 Å².